The van der Waals surface area contributed by atoms with Gasteiger partial charge >= 0.3 is 0 Å². The number of aromatic nitrogens is 1. The molecule has 1 saturated heterocycles. The first kappa shape index (κ1) is 11.7. The summed E-state index contributed by atoms with van der Waals surface area (Å²) in [6, 6.07) is 3.73. The lowest BCUT2D eigenvalue weighted by atomic mass is 9.73. The highest BCUT2D eigenvalue weighted by molar-refractivity contribution is 5.92. The molecule has 2 aliphatic rings. The van der Waals surface area contributed by atoms with Gasteiger partial charge in [0, 0.05) is 12.1 Å². The smallest absolute Gasteiger partial charge is 0.227 e. The number of amides is 1. The molecule has 0 spiro atoms. The van der Waals surface area contributed by atoms with Gasteiger partial charge in [-0.2, -0.15) is 0 Å². The van der Waals surface area contributed by atoms with E-state index in [-0.39, 0.29) is 11.8 Å². The Bertz CT molecular complexity index is 408. The van der Waals surface area contributed by atoms with Crippen molar-refractivity contribution in [3.8, 4) is 0 Å². The third-order valence-electron chi connectivity index (χ3n) is 4.07. The van der Waals surface area contributed by atoms with E-state index in [1.807, 2.05) is 12.1 Å². The third kappa shape index (κ3) is 2.53. The summed E-state index contributed by atoms with van der Waals surface area (Å²) in [5.41, 5.74) is 0.802. The van der Waals surface area contributed by atoms with Gasteiger partial charge in [-0.25, -0.2) is 0 Å². The molecule has 2 unspecified atom stereocenters. The van der Waals surface area contributed by atoms with Crippen molar-refractivity contribution in [2.24, 2.45) is 17.8 Å². The van der Waals surface area contributed by atoms with Crippen LogP contribution in [-0.2, 0) is 4.79 Å². The van der Waals surface area contributed by atoms with Crippen molar-refractivity contribution in [2.45, 2.75) is 19.3 Å². The van der Waals surface area contributed by atoms with Gasteiger partial charge in [-0.3, -0.25) is 9.78 Å². The quantitative estimate of drug-likeness (QED) is 0.833. The zero-order chi connectivity index (χ0) is 12.4. The number of nitrogens with zero attached hydrogens (tertiary/aromatic N) is 1. The predicted octanol–water partition coefficient (Wildman–Crippen LogP) is 1.66. The average molecular weight is 245 g/mol. The lowest BCUT2D eigenvalue weighted by Gasteiger charge is -2.38. The summed E-state index contributed by atoms with van der Waals surface area (Å²) >= 11 is 0. The molecule has 1 amide bonds. The molecule has 3 rings (SSSR count). The first-order chi connectivity index (χ1) is 8.81. The van der Waals surface area contributed by atoms with Gasteiger partial charge in [-0.15, -0.1) is 0 Å². The molecule has 2 atom stereocenters. The average Bonchev–Trinajstić information content (AvgIpc) is 2.39. The molecule has 2 heterocycles. The number of rotatable bonds is 2. The third-order valence-corrected chi connectivity index (χ3v) is 4.07. The fourth-order valence-corrected chi connectivity index (χ4v) is 3.28. The van der Waals surface area contributed by atoms with Gasteiger partial charge in [0.25, 0.3) is 0 Å². The van der Waals surface area contributed by atoms with E-state index in [1.165, 1.54) is 6.42 Å². The monoisotopic (exact) mass is 245 g/mol. The fraction of sp³-hybridized carbons (Fsp3) is 0.571. The van der Waals surface area contributed by atoms with Crippen molar-refractivity contribution in [2.75, 3.05) is 18.4 Å². The van der Waals surface area contributed by atoms with E-state index >= 15 is 0 Å². The summed E-state index contributed by atoms with van der Waals surface area (Å²) in [7, 11) is 0. The van der Waals surface area contributed by atoms with Crippen molar-refractivity contribution >= 4 is 11.6 Å². The highest BCUT2D eigenvalue weighted by atomic mass is 16.1. The Morgan fingerprint density at radius 3 is 2.72 bits per heavy atom. The van der Waals surface area contributed by atoms with E-state index in [1.54, 1.807) is 12.4 Å². The maximum Gasteiger partial charge on any atom is 0.227 e. The summed E-state index contributed by atoms with van der Waals surface area (Å²) < 4.78 is 0. The van der Waals surface area contributed by atoms with Gasteiger partial charge in [0.2, 0.25) is 5.91 Å². The standard InChI is InChI=1S/C14H19N3O/c18-14(17-13-2-1-3-15-9-13)12-5-10-4-11(6-12)8-16-7-10/h1-3,9-12,16H,4-8H2,(H,17,18). The molecule has 96 valence electrons. The van der Waals surface area contributed by atoms with Gasteiger partial charge in [0.15, 0.2) is 0 Å². The van der Waals surface area contributed by atoms with Crippen LogP contribution in [0.3, 0.4) is 0 Å². The molecule has 1 aliphatic carbocycles. The highest BCUT2D eigenvalue weighted by Crippen LogP contribution is 2.35. The lowest BCUT2D eigenvalue weighted by Crippen LogP contribution is -2.44. The van der Waals surface area contributed by atoms with Crippen LogP contribution in [0.25, 0.3) is 0 Å². The van der Waals surface area contributed by atoms with Crippen molar-refractivity contribution in [1.82, 2.24) is 10.3 Å². The van der Waals surface area contributed by atoms with E-state index < -0.39 is 0 Å². The topological polar surface area (TPSA) is 54.0 Å². The zero-order valence-electron chi connectivity index (χ0n) is 10.4. The Kier molecular flexibility index (Phi) is 3.28. The second-order valence-corrected chi connectivity index (χ2v) is 5.53. The molecular weight excluding hydrogens is 226 g/mol. The Morgan fingerprint density at radius 1 is 1.28 bits per heavy atom. The molecule has 0 aromatic carbocycles. The molecule has 1 aromatic heterocycles. The Morgan fingerprint density at radius 2 is 2.06 bits per heavy atom. The maximum absolute atomic E-state index is 12.2. The number of pyridine rings is 1. The van der Waals surface area contributed by atoms with Crippen LogP contribution in [0.2, 0.25) is 0 Å². The number of carbonyl (C=O) groups excluding carboxylic acids is 1. The number of hydrogen-bond donors (Lipinski definition) is 2. The number of piperidine rings is 1. The van der Waals surface area contributed by atoms with Crippen molar-refractivity contribution in [3.05, 3.63) is 24.5 Å². The maximum atomic E-state index is 12.2. The number of anilines is 1. The van der Waals surface area contributed by atoms with Crippen molar-refractivity contribution < 1.29 is 4.79 Å². The summed E-state index contributed by atoms with van der Waals surface area (Å²) in [6.07, 6.45) is 6.75. The number of hydrogen-bond acceptors (Lipinski definition) is 3. The molecule has 18 heavy (non-hydrogen) atoms. The Labute approximate surface area is 107 Å². The largest absolute Gasteiger partial charge is 0.324 e. The fourth-order valence-electron chi connectivity index (χ4n) is 3.28. The molecule has 1 aliphatic heterocycles. The minimum atomic E-state index is 0.166. The van der Waals surface area contributed by atoms with Crippen LogP contribution in [0.1, 0.15) is 19.3 Å². The van der Waals surface area contributed by atoms with Crippen molar-refractivity contribution in [3.63, 3.8) is 0 Å². The molecule has 2 bridgehead atoms. The van der Waals surface area contributed by atoms with Crippen LogP contribution in [0, 0.1) is 17.8 Å². The molecule has 2 fully saturated rings. The second kappa shape index (κ2) is 5.06. The first-order valence-corrected chi connectivity index (χ1v) is 6.73. The minimum absolute atomic E-state index is 0.166. The van der Waals surface area contributed by atoms with E-state index in [9.17, 15) is 4.79 Å². The summed E-state index contributed by atoms with van der Waals surface area (Å²) in [4.78, 5) is 16.3. The lowest BCUT2D eigenvalue weighted by molar-refractivity contribution is -0.122. The second-order valence-electron chi connectivity index (χ2n) is 5.53. The first-order valence-electron chi connectivity index (χ1n) is 6.73. The van der Waals surface area contributed by atoms with E-state index in [4.69, 9.17) is 0 Å². The summed E-state index contributed by atoms with van der Waals surface area (Å²) in [5.74, 6) is 1.71. The van der Waals surface area contributed by atoms with Gasteiger partial charge in [0.05, 0.1) is 11.9 Å². The van der Waals surface area contributed by atoms with E-state index in [0.29, 0.717) is 11.8 Å². The van der Waals surface area contributed by atoms with Gasteiger partial charge in [-0.05, 0) is 56.3 Å². The predicted molar refractivity (Wildman–Crippen MR) is 70.1 cm³/mol. The summed E-state index contributed by atoms with van der Waals surface area (Å²) in [6.45, 7) is 2.15. The van der Waals surface area contributed by atoms with Crippen LogP contribution >= 0.6 is 0 Å². The highest BCUT2D eigenvalue weighted by Gasteiger charge is 2.34. The number of carbonyl (C=O) groups is 1. The summed E-state index contributed by atoms with van der Waals surface area (Å²) in [5, 5.41) is 6.43. The van der Waals surface area contributed by atoms with Crippen molar-refractivity contribution in [1.29, 1.82) is 0 Å². The number of nitrogens with one attached hydrogen (secondary N) is 2. The molecular formula is C14H19N3O. The van der Waals surface area contributed by atoms with Gasteiger partial charge in [0.1, 0.15) is 0 Å². The Balaban J connectivity index is 1.63. The Hall–Kier alpha value is -1.42. The van der Waals surface area contributed by atoms with Gasteiger partial charge in [-0.1, -0.05) is 0 Å². The van der Waals surface area contributed by atoms with Crippen LogP contribution in [0.15, 0.2) is 24.5 Å². The van der Waals surface area contributed by atoms with Crippen LogP contribution in [-0.4, -0.2) is 24.0 Å². The molecule has 1 aromatic rings. The van der Waals surface area contributed by atoms with E-state index in [0.717, 1.165) is 31.6 Å². The van der Waals surface area contributed by atoms with Crippen LogP contribution in [0.4, 0.5) is 5.69 Å². The normalized spacial score (nSPS) is 30.8. The molecule has 2 N–H and O–H groups in total. The molecule has 0 radical (unpaired) electrons. The van der Waals surface area contributed by atoms with E-state index in [2.05, 4.69) is 15.6 Å². The molecule has 4 heteroatoms. The minimum Gasteiger partial charge on any atom is -0.324 e. The zero-order valence-corrected chi connectivity index (χ0v) is 10.4. The van der Waals surface area contributed by atoms with Crippen LogP contribution < -0.4 is 10.6 Å². The number of fused-ring (bicyclic) bond motifs is 2. The SMILES string of the molecule is O=C(Nc1cccnc1)C1CC2CNCC(C2)C1. The van der Waals surface area contributed by atoms with Gasteiger partial charge < -0.3 is 10.6 Å². The van der Waals surface area contributed by atoms with Crippen LogP contribution in [0.5, 0.6) is 0 Å². The molecule has 1 saturated carbocycles. The molecule has 4 nitrogen and oxygen atoms in total.